The second-order valence-corrected chi connectivity index (χ2v) is 4.93. The third-order valence-electron chi connectivity index (χ3n) is 3.06. The molecule has 1 N–H and O–H groups in total. The number of hydrazone groups is 1. The van der Waals surface area contributed by atoms with E-state index in [1.54, 1.807) is 0 Å². The number of nitrogens with zero attached hydrogens (tertiary/aromatic N) is 2. The molecule has 0 bridgehead atoms. The van der Waals surface area contributed by atoms with Gasteiger partial charge in [0.05, 0.1) is 16.7 Å². The van der Waals surface area contributed by atoms with Crippen molar-refractivity contribution in [2.24, 2.45) is 5.10 Å². The second kappa shape index (κ2) is 8.10. The van der Waals surface area contributed by atoms with Gasteiger partial charge in [0.2, 0.25) is 0 Å². The Kier molecular flexibility index (Phi) is 5.89. The smallest absolute Gasteiger partial charge is 0.416 e. The molecule has 2 aromatic carbocycles. The van der Waals surface area contributed by atoms with Gasteiger partial charge in [-0.05, 0) is 23.8 Å². The van der Waals surface area contributed by atoms with E-state index >= 15 is 0 Å². The van der Waals surface area contributed by atoms with Gasteiger partial charge in [0.15, 0.2) is 12.4 Å². The Morgan fingerprint density at radius 2 is 1.85 bits per heavy atom. The molecule has 0 aliphatic rings. The molecule has 0 heterocycles. The number of nitrogens with one attached hydrogen (secondary N) is 1. The van der Waals surface area contributed by atoms with Crippen molar-refractivity contribution in [1.29, 1.82) is 0 Å². The number of carbonyl (C=O) groups excluding carboxylic acids is 1. The van der Waals surface area contributed by atoms with Gasteiger partial charge in [-0.2, -0.15) is 18.3 Å². The molecule has 2 aromatic rings. The maximum absolute atomic E-state index is 12.4. The standard InChI is InChI=1S/C16H12F3N3O4/c17-16(18,19)12-7-5-11(6-8-12)9-20-21-15(23)10-26-14-4-2-1-3-13(14)22(24)25/h1-9H,10H2,(H,21,23)/b20-9-. The molecule has 0 spiro atoms. The molecule has 0 fully saturated rings. The molecular formula is C16H12F3N3O4. The van der Waals surface area contributed by atoms with Gasteiger partial charge in [0.1, 0.15) is 0 Å². The fourth-order valence-electron chi connectivity index (χ4n) is 1.84. The summed E-state index contributed by atoms with van der Waals surface area (Å²) in [6, 6.07) is 9.72. The highest BCUT2D eigenvalue weighted by molar-refractivity contribution is 5.83. The number of halogens is 3. The number of rotatable bonds is 6. The van der Waals surface area contributed by atoms with E-state index in [1.165, 1.54) is 36.4 Å². The van der Waals surface area contributed by atoms with Crippen molar-refractivity contribution in [3.05, 3.63) is 69.8 Å². The minimum atomic E-state index is -4.43. The summed E-state index contributed by atoms with van der Waals surface area (Å²) in [6.07, 6.45) is -3.27. The van der Waals surface area contributed by atoms with Gasteiger partial charge in [-0.25, -0.2) is 5.43 Å². The lowest BCUT2D eigenvalue weighted by molar-refractivity contribution is -0.385. The van der Waals surface area contributed by atoms with Crippen LogP contribution in [-0.2, 0) is 11.0 Å². The summed E-state index contributed by atoms with van der Waals surface area (Å²) in [5, 5.41) is 14.4. The number of benzene rings is 2. The summed E-state index contributed by atoms with van der Waals surface area (Å²) < 4.78 is 42.4. The molecule has 0 saturated heterocycles. The van der Waals surface area contributed by atoms with Crippen LogP contribution in [0.5, 0.6) is 5.75 Å². The number of nitro groups is 1. The van der Waals surface area contributed by atoms with Crippen molar-refractivity contribution in [3.8, 4) is 5.75 Å². The van der Waals surface area contributed by atoms with Crippen LogP contribution >= 0.6 is 0 Å². The van der Waals surface area contributed by atoms with Crippen molar-refractivity contribution < 1.29 is 27.6 Å². The van der Waals surface area contributed by atoms with E-state index in [4.69, 9.17) is 4.74 Å². The number of hydrogen-bond donors (Lipinski definition) is 1. The van der Waals surface area contributed by atoms with E-state index in [-0.39, 0.29) is 11.4 Å². The van der Waals surface area contributed by atoms with E-state index < -0.39 is 29.2 Å². The van der Waals surface area contributed by atoms with Crippen molar-refractivity contribution in [2.75, 3.05) is 6.61 Å². The number of alkyl halides is 3. The molecule has 26 heavy (non-hydrogen) atoms. The Balaban J connectivity index is 1.87. The average Bonchev–Trinajstić information content (AvgIpc) is 2.60. The predicted molar refractivity (Wildman–Crippen MR) is 85.8 cm³/mol. The van der Waals surface area contributed by atoms with E-state index in [9.17, 15) is 28.1 Å². The highest BCUT2D eigenvalue weighted by Gasteiger charge is 2.29. The zero-order valence-corrected chi connectivity index (χ0v) is 13.1. The number of ether oxygens (including phenoxy) is 1. The van der Waals surface area contributed by atoms with Gasteiger partial charge >= 0.3 is 11.9 Å². The van der Waals surface area contributed by atoms with E-state index in [1.807, 2.05) is 0 Å². The molecule has 0 radical (unpaired) electrons. The summed E-state index contributed by atoms with van der Waals surface area (Å²) in [5.74, 6) is -0.759. The summed E-state index contributed by atoms with van der Waals surface area (Å²) in [6.45, 7) is -0.519. The van der Waals surface area contributed by atoms with Crippen LogP contribution in [0.4, 0.5) is 18.9 Å². The van der Waals surface area contributed by atoms with Crippen LogP contribution in [0, 0.1) is 10.1 Å². The topological polar surface area (TPSA) is 93.8 Å². The van der Waals surface area contributed by atoms with Crippen molar-refractivity contribution >= 4 is 17.8 Å². The van der Waals surface area contributed by atoms with Crippen LogP contribution in [0.1, 0.15) is 11.1 Å². The molecule has 0 saturated carbocycles. The van der Waals surface area contributed by atoms with Gasteiger partial charge in [-0.1, -0.05) is 24.3 Å². The Bertz CT molecular complexity index is 820. The van der Waals surface area contributed by atoms with Crippen LogP contribution < -0.4 is 10.2 Å². The second-order valence-electron chi connectivity index (χ2n) is 4.93. The maximum atomic E-state index is 12.4. The SMILES string of the molecule is O=C(COc1ccccc1[N+](=O)[O-])N/N=C\c1ccc(C(F)(F)F)cc1. The lowest BCUT2D eigenvalue weighted by atomic mass is 10.1. The first-order valence-corrected chi connectivity index (χ1v) is 7.13. The first-order chi connectivity index (χ1) is 12.3. The molecular weight excluding hydrogens is 355 g/mol. The maximum Gasteiger partial charge on any atom is 0.416 e. The average molecular weight is 367 g/mol. The van der Waals surface area contributed by atoms with Crippen molar-refractivity contribution in [3.63, 3.8) is 0 Å². The van der Waals surface area contributed by atoms with Gasteiger partial charge in [0, 0.05) is 6.07 Å². The Labute approximate surface area is 145 Å². The van der Waals surface area contributed by atoms with Gasteiger partial charge in [-0.15, -0.1) is 0 Å². The zero-order valence-electron chi connectivity index (χ0n) is 13.1. The molecule has 0 aromatic heterocycles. The number of carbonyl (C=O) groups is 1. The summed E-state index contributed by atoms with van der Waals surface area (Å²) in [4.78, 5) is 21.8. The molecule has 0 unspecified atom stereocenters. The fourth-order valence-corrected chi connectivity index (χ4v) is 1.84. The molecule has 0 aliphatic carbocycles. The molecule has 1 amide bonds. The molecule has 136 valence electrons. The van der Waals surface area contributed by atoms with Crippen molar-refractivity contribution in [2.45, 2.75) is 6.18 Å². The number of para-hydroxylation sites is 2. The van der Waals surface area contributed by atoms with Gasteiger partial charge in [0.25, 0.3) is 5.91 Å². The van der Waals surface area contributed by atoms with Crippen LogP contribution in [0.15, 0.2) is 53.6 Å². The lowest BCUT2D eigenvalue weighted by Gasteiger charge is -2.06. The van der Waals surface area contributed by atoms with Crippen LogP contribution in [-0.4, -0.2) is 23.7 Å². The molecule has 0 aliphatic heterocycles. The monoisotopic (exact) mass is 367 g/mol. The summed E-state index contributed by atoms with van der Waals surface area (Å²) >= 11 is 0. The highest BCUT2D eigenvalue weighted by atomic mass is 19.4. The van der Waals surface area contributed by atoms with Crippen LogP contribution in [0.25, 0.3) is 0 Å². The first-order valence-electron chi connectivity index (χ1n) is 7.13. The Morgan fingerprint density at radius 3 is 2.46 bits per heavy atom. The number of nitro benzene ring substituents is 1. The number of hydrogen-bond acceptors (Lipinski definition) is 5. The molecule has 7 nitrogen and oxygen atoms in total. The molecule has 2 rings (SSSR count). The minimum Gasteiger partial charge on any atom is -0.477 e. The number of amides is 1. The zero-order chi connectivity index (χ0) is 19.2. The normalized spacial score (nSPS) is 11.3. The lowest BCUT2D eigenvalue weighted by Crippen LogP contribution is -2.24. The Morgan fingerprint density at radius 1 is 1.19 bits per heavy atom. The first kappa shape index (κ1) is 18.9. The summed E-state index contributed by atoms with van der Waals surface area (Å²) in [7, 11) is 0. The van der Waals surface area contributed by atoms with E-state index in [0.29, 0.717) is 5.56 Å². The van der Waals surface area contributed by atoms with Gasteiger partial charge < -0.3 is 4.74 Å². The van der Waals surface area contributed by atoms with Crippen LogP contribution in [0.3, 0.4) is 0 Å². The van der Waals surface area contributed by atoms with Gasteiger partial charge in [-0.3, -0.25) is 14.9 Å². The Hall–Kier alpha value is -3.43. The van der Waals surface area contributed by atoms with Crippen LogP contribution in [0.2, 0.25) is 0 Å². The van der Waals surface area contributed by atoms with E-state index in [2.05, 4.69) is 10.5 Å². The van der Waals surface area contributed by atoms with E-state index in [0.717, 1.165) is 18.3 Å². The molecule has 10 heteroatoms. The molecule has 0 atom stereocenters. The largest absolute Gasteiger partial charge is 0.477 e. The minimum absolute atomic E-state index is 0.0700. The highest BCUT2D eigenvalue weighted by Crippen LogP contribution is 2.29. The third kappa shape index (κ3) is 5.30. The summed E-state index contributed by atoms with van der Waals surface area (Å²) in [5.41, 5.74) is 1.38. The van der Waals surface area contributed by atoms with Crippen molar-refractivity contribution in [1.82, 2.24) is 5.43 Å². The predicted octanol–water partition coefficient (Wildman–Crippen LogP) is 3.14. The fraction of sp³-hybridized carbons (Fsp3) is 0.125. The third-order valence-corrected chi connectivity index (χ3v) is 3.06. The quantitative estimate of drug-likeness (QED) is 0.482.